The van der Waals surface area contributed by atoms with Crippen LogP contribution >= 0.6 is 0 Å². The summed E-state index contributed by atoms with van der Waals surface area (Å²) in [7, 11) is 0. The Morgan fingerprint density at radius 1 is 0.259 bits per heavy atom. The molecular weight excluding hydrogens is 663 g/mol. The summed E-state index contributed by atoms with van der Waals surface area (Å²) < 4.78 is 12.6. The highest BCUT2D eigenvalue weighted by Crippen LogP contribution is 2.42. The standard InChI is InChI=1S/C49H29N3O2/c1-2-12-30(13-3-1)31-26-28-32(29-27-31)47-50-48(52-49(51-47)40-21-11-25-44-46(40)39-15-5-7-23-42(39)54-44)37-20-9-16-33-34(17-8-18-35(33)37)36-19-10-24-43-45(36)38-14-4-6-22-41(38)53-43/h1-29H. The lowest BCUT2D eigenvalue weighted by atomic mass is 9.93. The van der Waals surface area contributed by atoms with Crippen LogP contribution < -0.4 is 0 Å². The van der Waals surface area contributed by atoms with Crippen molar-refractivity contribution in [3.63, 3.8) is 0 Å². The molecule has 0 fully saturated rings. The zero-order valence-electron chi connectivity index (χ0n) is 28.9. The van der Waals surface area contributed by atoms with E-state index >= 15 is 0 Å². The van der Waals surface area contributed by atoms with E-state index in [1.807, 2.05) is 54.6 Å². The molecule has 5 nitrogen and oxygen atoms in total. The monoisotopic (exact) mass is 691 g/mol. The summed E-state index contributed by atoms with van der Waals surface area (Å²) in [6.45, 7) is 0. The number of aromatic nitrogens is 3. The molecule has 0 N–H and O–H groups in total. The third kappa shape index (κ3) is 4.83. The fourth-order valence-corrected chi connectivity index (χ4v) is 7.89. The second-order valence-corrected chi connectivity index (χ2v) is 13.5. The van der Waals surface area contributed by atoms with Crippen molar-refractivity contribution >= 4 is 54.6 Å². The number of rotatable bonds is 5. The minimum absolute atomic E-state index is 0.585. The van der Waals surface area contributed by atoms with Crippen molar-refractivity contribution in [2.75, 3.05) is 0 Å². The third-order valence-corrected chi connectivity index (χ3v) is 10.4. The third-order valence-electron chi connectivity index (χ3n) is 10.4. The van der Waals surface area contributed by atoms with Crippen molar-refractivity contribution < 1.29 is 8.83 Å². The van der Waals surface area contributed by atoms with Crippen LogP contribution in [0.2, 0.25) is 0 Å². The van der Waals surface area contributed by atoms with Gasteiger partial charge in [-0.3, -0.25) is 0 Å². The van der Waals surface area contributed by atoms with E-state index in [0.717, 1.165) is 93.6 Å². The highest BCUT2D eigenvalue weighted by atomic mass is 16.3. The molecule has 11 aromatic rings. The van der Waals surface area contributed by atoms with Crippen LogP contribution in [0.15, 0.2) is 185 Å². The number of hydrogen-bond donors (Lipinski definition) is 0. The summed E-state index contributed by atoms with van der Waals surface area (Å²) >= 11 is 0. The topological polar surface area (TPSA) is 65.0 Å². The van der Waals surface area contributed by atoms with Crippen LogP contribution in [0.1, 0.15) is 0 Å². The first-order valence-electron chi connectivity index (χ1n) is 18.0. The lowest BCUT2D eigenvalue weighted by molar-refractivity contribution is 0.668. The summed E-state index contributed by atoms with van der Waals surface area (Å²) in [4.78, 5) is 15.6. The molecule has 0 saturated carbocycles. The van der Waals surface area contributed by atoms with Crippen molar-refractivity contribution in [3.8, 4) is 56.4 Å². The van der Waals surface area contributed by atoms with Gasteiger partial charge in [0.2, 0.25) is 0 Å². The molecule has 0 amide bonds. The summed E-state index contributed by atoms with van der Waals surface area (Å²) in [6.07, 6.45) is 0. The Morgan fingerprint density at radius 2 is 0.685 bits per heavy atom. The minimum atomic E-state index is 0.585. The van der Waals surface area contributed by atoms with Crippen LogP contribution in [0, 0.1) is 0 Å². The maximum absolute atomic E-state index is 6.29. The Kier molecular flexibility index (Phi) is 6.79. The summed E-state index contributed by atoms with van der Waals surface area (Å²) in [5.41, 5.74) is 10.6. The van der Waals surface area contributed by atoms with Gasteiger partial charge in [-0.2, -0.15) is 0 Å². The van der Waals surface area contributed by atoms with Gasteiger partial charge >= 0.3 is 0 Å². The lowest BCUT2D eigenvalue weighted by Crippen LogP contribution is -2.01. The van der Waals surface area contributed by atoms with Crippen LogP contribution in [-0.2, 0) is 0 Å². The van der Waals surface area contributed by atoms with Gasteiger partial charge in [-0.25, -0.2) is 15.0 Å². The second kappa shape index (κ2) is 12.1. The Labute approximate surface area is 309 Å². The van der Waals surface area contributed by atoms with Crippen molar-refractivity contribution in [1.29, 1.82) is 0 Å². The van der Waals surface area contributed by atoms with Crippen LogP contribution in [0.5, 0.6) is 0 Å². The molecule has 0 aliphatic rings. The number of furan rings is 2. The molecular formula is C49H29N3O2. The number of benzene rings is 8. The lowest BCUT2D eigenvalue weighted by Gasteiger charge is -2.13. The highest BCUT2D eigenvalue weighted by Gasteiger charge is 2.20. The van der Waals surface area contributed by atoms with Gasteiger partial charge in [0.1, 0.15) is 22.3 Å². The molecule has 5 heteroatoms. The van der Waals surface area contributed by atoms with Gasteiger partial charge < -0.3 is 8.83 Å². The second-order valence-electron chi connectivity index (χ2n) is 13.5. The molecule has 54 heavy (non-hydrogen) atoms. The zero-order valence-corrected chi connectivity index (χ0v) is 28.9. The van der Waals surface area contributed by atoms with E-state index in [4.69, 9.17) is 23.8 Å². The molecule has 0 radical (unpaired) electrons. The molecule has 0 saturated heterocycles. The predicted octanol–water partition coefficient (Wildman–Crippen LogP) is 13.2. The average Bonchev–Trinajstić information content (AvgIpc) is 3.82. The van der Waals surface area contributed by atoms with E-state index in [0.29, 0.717) is 17.5 Å². The summed E-state index contributed by atoms with van der Waals surface area (Å²) in [5, 5.41) is 6.36. The predicted molar refractivity (Wildman–Crippen MR) is 219 cm³/mol. The molecule has 0 atom stereocenters. The Balaban J connectivity index is 1.14. The number of nitrogens with zero attached hydrogens (tertiary/aromatic N) is 3. The number of fused-ring (bicyclic) bond motifs is 7. The highest BCUT2D eigenvalue weighted by molar-refractivity contribution is 6.16. The van der Waals surface area contributed by atoms with E-state index in [-0.39, 0.29) is 0 Å². The van der Waals surface area contributed by atoms with Crippen LogP contribution in [0.25, 0.3) is 111 Å². The van der Waals surface area contributed by atoms with E-state index in [1.54, 1.807) is 0 Å². The zero-order chi connectivity index (χ0) is 35.6. The Hall–Kier alpha value is -7.37. The van der Waals surface area contributed by atoms with E-state index in [2.05, 4.69) is 121 Å². The van der Waals surface area contributed by atoms with Gasteiger partial charge in [-0.15, -0.1) is 0 Å². The molecule has 0 aliphatic heterocycles. The van der Waals surface area contributed by atoms with Gasteiger partial charge in [0.05, 0.1) is 0 Å². The van der Waals surface area contributed by atoms with Crippen LogP contribution in [-0.4, -0.2) is 15.0 Å². The average molecular weight is 692 g/mol. The van der Waals surface area contributed by atoms with Crippen molar-refractivity contribution in [2.24, 2.45) is 0 Å². The first-order valence-corrected chi connectivity index (χ1v) is 18.0. The van der Waals surface area contributed by atoms with Gasteiger partial charge in [0, 0.05) is 38.2 Å². The summed E-state index contributed by atoms with van der Waals surface area (Å²) in [6, 6.07) is 60.4. The summed E-state index contributed by atoms with van der Waals surface area (Å²) in [5.74, 6) is 1.78. The van der Waals surface area contributed by atoms with Crippen LogP contribution in [0.3, 0.4) is 0 Å². The fraction of sp³-hybridized carbons (Fsp3) is 0. The molecule has 0 spiro atoms. The Morgan fingerprint density at radius 3 is 1.37 bits per heavy atom. The molecule has 0 bridgehead atoms. The van der Waals surface area contributed by atoms with E-state index in [1.165, 1.54) is 0 Å². The van der Waals surface area contributed by atoms with Crippen molar-refractivity contribution in [2.45, 2.75) is 0 Å². The number of para-hydroxylation sites is 2. The molecule has 8 aromatic carbocycles. The normalized spacial score (nSPS) is 11.7. The van der Waals surface area contributed by atoms with Gasteiger partial charge in [-0.05, 0) is 57.3 Å². The maximum Gasteiger partial charge on any atom is 0.164 e. The van der Waals surface area contributed by atoms with E-state index < -0.39 is 0 Å². The number of hydrogen-bond acceptors (Lipinski definition) is 5. The minimum Gasteiger partial charge on any atom is -0.456 e. The molecule has 3 heterocycles. The first kappa shape index (κ1) is 30.3. The Bertz CT molecular complexity index is 3210. The molecule has 0 unspecified atom stereocenters. The van der Waals surface area contributed by atoms with E-state index in [9.17, 15) is 0 Å². The van der Waals surface area contributed by atoms with Crippen LogP contribution in [0.4, 0.5) is 0 Å². The molecule has 3 aromatic heterocycles. The SMILES string of the molecule is c1ccc(-c2ccc(-c3nc(-c4cccc5c(-c6cccc7oc8ccccc8c67)cccc45)nc(-c4cccc5oc6ccccc6c45)n3)cc2)cc1. The molecule has 0 aliphatic carbocycles. The fourth-order valence-electron chi connectivity index (χ4n) is 7.89. The largest absolute Gasteiger partial charge is 0.456 e. The maximum atomic E-state index is 6.29. The van der Waals surface area contributed by atoms with Crippen molar-refractivity contribution in [1.82, 2.24) is 15.0 Å². The molecule has 11 rings (SSSR count). The quantitative estimate of drug-likeness (QED) is 0.180. The van der Waals surface area contributed by atoms with Gasteiger partial charge in [0.25, 0.3) is 0 Å². The first-order chi connectivity index (χ1) is 26.8. The molecule has 252 valence electrons. The van der Waals surface area contributed by atoms with Gasteiger partial charge in [-0.1, -0.05) is 152 Å². The van der Waals surface area contributed by atoms with Crippen molar-refractivity contribution in [3.05, 3.63) is 176 Å². The van der Waals surface area contributed by atoms with Gasteiger partial charge in [0.15, 0.2) is 17.5 Å². The smallest absolute Gasteiger partial charge is 0.164 e.